The molecule has 21 heavy (non-hydrogen) atoms. The molecule has 0 radical (unpaired) electrons. The lowest BCUT2D eigenvalue weighted by Gasteiger charge is -2.35. The van der Waals surface area contributed by atoms with E-state index < -0.39 is 10.0 Å². The molecule has 0 atom stereocenters. The molecular weight excluding hydrogens is 292 g/mol. The first-order chi connectivity index (χ1) is 10.0. The lowest BCUT2D eigenvalue weighted by atomic mass is 9.89. The molecule has 0 N–H and O–H groups in total. The van der Waals surface area contributed by atoms with Gasteiger partial charge in [0.25, 0.3) is 5.56 Å². The predicted molar refractivity (Wildman–Crippen MR) is 77.8 cm³/mol. The smallest absolute Gasteiger partial charge is 0.250 e. The Kier molecular flexibility index (Phi) is 3.90. The van der Waals surface area contributed by atoms with Crippen molar-refractivity contribution >= 4 is 10.0 Å². The molecule has 116 valence electrons. The third-order valence-corrected chi connectivity index (χ3v) is 6.29. The van der Waals surface area contributed by atoms with Gasteiger partial charge in [0.1, 0.15) is 0 Å². The van der Waals surface area contributed by atoms with E-state index in [-0.39, 0.29) is 22.6 Å². The molecule has 1 aliphatic carbocycles. The predicted octanol–water partition coefficient (Wildman–Crippen LogP) is 0.983. The van der Waals surface area contributed by atoms with Crippen LogP contribution in [0.5, 0.6) is 0 Å². The molecule has 7 heteroatoms. The van der Waals surface area contributed by atoms with Gasteiger partial charge in [0.05, 0.1) is 11.0 Å². The van der Waals surface area contributed by atoms with Crippen molar-refractivity contribution in [1.29, 1.82) is 0 Å². The number of hydrogen-bond acceptors (Lipinski definition) is 4. The first kappa shape index (κ1) is 14.7. The summed E-state index contributed by atoms with van der Waals surface area (Å²) in [6.07, 6.45) is 4.97. The number of hydrogen-bond donors (Lipinski definition) is 0. The third kappa shape index (κ3) is 2.65. The van der Waals surface area contributed by atoms with E-state index in [4.69, 9.17) is 4.74 Å². The molecule has 1 aliphatic heterocycles. The number of aromatic nitrogens is 1. The van der Waals surface area contributed by atoms with Gasteiger partial charge < -0.3 is 9.30 Å². The number of pyridine rings is 1. The van der Waals surface area contributed by atoms with E-state index in [1.54, 1.807) is 11.7 Å². The Morgan fingerprint density at radius 3 is 2.48 bits per heavy atom. The van der Waals surface area contributed by atoms with Gasteiger partial charge in [-0.05, 0) is 31.7 Å². The second-order valence-corrected chi connectivity index (χ2v) is 7.64. The molecule has 0 aromatic carbocycles. The fraction of sp³-hybridized carbons (Fsp3) is 0.643. The Morgan fingerprint density at radius 1 is 1.19 bits per heavy atom. The van der Waals surface area contributed by atoms with Crippen LogP contribution in [0.3, 0.4) is 0 Å². The minimum Gasteiger partial charge on any atom is -0.381 e. The highest BCUT2D eigenvalue weighted by Crippen LogP contribution is 2.33. The van der Waals surface area contributed by atoms with Gasteiger partial charge in [-0.2, -0.15) is 4.31 Å². The van der Waals surface area contributed by atoms with E-state index in [0.29, 0.717) is 13.1 Å². The Morgan fingerprint density at radius 2 is 1.86 bits per heavy atom. The van der Waals surface area contributed by atoms with Gasteiger partial charge in [0.15, 0.2) is 0 Å². The van der Waals surface area contributed by atoms with Crippen LogP contribution in [0.1, 0.15) is 31.7 Å². The Labute approximate surface area is 124 Å². The summed E-state index contributed by atoms with van der Waals surface area (Å²) in [5, 5.41) is 0. The van der Waals surface area contributed by atoms with Crippen LogP contribution in [0, 0.1) is 0 Å². The third-order valence-electron chi connectivity index (χ3n) is 4.41. The van der Waals surface area contributed by atoms with Crippen LogP contribution in [0.25, 0.3) is 0 Å². The summed E-state index contributed by atoms with van der Waals surface area (Å²) in [6.45, 7) is 1.13. The number of rotatable bonds is 4. The monoisotopic (exact) mass is 312 g/mol. The van der Waals surface area contributed by atoms with Crippen molar-refractivity contribution in [3.05, 3.63) is 28.7 Å². The first-order valence-electron chi connectivity index (χ1n) is 7.27. The largest absolute Gasteiger partial charge is 0.381 e. The highest BCUT2D eigenvalue weighted by atomic mass is 32.2. The van der Waals surface area contributed by atoms with Crippen molar-refractivity contribution in [1.82, 2.24) is 8.87 Å². The zero-order valence-electron chi connectivity index (χ0n) is 12.1. The quantitative estimate of drug-likeness (QED) is 0.831. The van der Waals surface area contributed by atoms with Crippen LogP contribution in [-0.2, 0) is 14.8 Å². The Bertz CT molecular complexity index is 670. The molecule has 1 saturated heterocycles. The van der Waals surface area contributed by atoms with Gasteiger partial charge in [0, 0.05) is 38.5 Å². The zero-order chi connectivity index (χ0) is 15.0. The van der Waals surface area contributed by atoms with E-state index in [2.05, 4.69) is 0 Å². The fourth-order valence-corrected chi connectivity index (χ4v) is 4.48. The average molecular weight is 312 g/mol. The molecule has 0 spiro atoms. The molecule has 1 aromatic heterocycles. The maximum absolute atomic E-state index is 12.5. The summed E-state index contributed by atoms with van der Waals surface area (Å²) in [7, 11) is -1.82. The van der Waals surface area contributed by atoms with Crippen molar-refractivity contribution in [3.63, 3.8) is 0 Å². The average Bonchev–Trinajstić information content (AvgIpc) is 2.94. The van der Waals surface area contributed by atoms with Crippen LogP contribution in [0.2, 0.25) is 0 Å². The van der Waals surface area contributed by atoms with Crippen LogP contribution < -0.4 is 5.56 Å². The second kappa shape index (κ2) is 5.55. The molecule has 6 nitrogen and oxygen atoms in total. The van der Waals surface area contributed by atoms with Crippen LogP contribution in [0.15, 0.2) is 28.0 Å². The molecule has 0 bridgehead atoms. The van der Waals surface area contributed by atoms with Crippen LogP contribution >= 0.6 is 0 Å². The number of methoxy groups -OCH3 is 1. The standard InChI is InChI=1S/C14H20N2O4S/c1-20-12-8-11(9-12)16-10-13(4-5-14(16)17)21(18,19)15-6-2-3-7-15/h4-5,10-12H,2-3,6-9H2,1H3. The summed E-state index contributed by atoms with van der Waals surface area (Å²) in [6, 6.07) is 2.80. The maximum atomic E-state index is 12.5. The number of sulfonamides is 1. The second-order valence-electron chi connectivity index (χ2n) is 5.70. The van der Waals surface area contributed by atoms with E-state index in [9.17, 15) is 13.2 Å². The number of nitrogens with zero attached hydrogens (tertiary/aromatic N) is 2. The highest BCUT2D eigenvalue weighted by molar-refractivity contribution is 7.89. The molecule has 2 aliphatic rings. The molecule has 1 aromatic rings. The van der Waals surface area contributed by atoms with E-state index in [1.807, 2.05) is 0 Å². The van der Waals surface area contributed by atoms with E-state index in [0.717, 1.165) is 25.7 Å². The van der Waals surface area contributed by atoms with Gasteiger partial charge in [0.2, 0.25) is 10.0 Å². The topological polar surface area (TPSA) is 68.6 Å². The minimum absolute atomic E-state index is 0.0381. The van der Waals surface area contributed by atoms with Crippen molar-refractivity contribution < 1.29 is 13.2 Å². The van der Waals surface area contributed by atoms with Crippen molar-refractivity contribution in [2.24, 2.45) is 0 Å². The van der Waals surface area contributed by atoms with Gasteiger partial charge in [-0.15, -0.1) is 0 Å². The lowest BCUT2D eigenvalue weighted by molar-refractivity contribution is 0.00496. The molecule has 1 saturated carbocycles. The SMILES string of the molecule is COC1CC(n2cc(S(=O)(=O)N3CCCC3)ccc2=O)C1. The molecule has 0 amide bonds. The highest BCUT2D eigenvalue weighted by Gasteiger charge is 2.33. The summed E-state index contributed by atoms with van der Waals surface area (Å²) < 4.78 is 33.3. The lowest BCUT2D eigenvalue weighted by Crippen LogP contribution is -2.38. The summed E-state index contributed by atoms with van der Waals surface area (Å²) in [4.78, 5) is 12.2. The van der Waals surface area contributed by atoms with Gasteiger partial charge in [-0.25, -0.2) is 8.42 Å². The van der Waals surface area contributed by atoms with Crippen molar-refractivity contribution in [3.8, 4) is 0 Å². The molecule has 2 heterocycles. The molecule has 3 rings (SSSR count). The van der Waals surface area contributed by atoms with Gasteiger partial charge >= 0.3 is 0 Å². The molecule has 2 fully saturated rings. The Balaban J connectivity index is 1.89. The van der Waals surface area contributed by atoms with Crippen molar-refractivity contribution in [2.75, 3.05) is 20.2 Å². The zero-order valence-corrected chi connectivity index (χ0v) is 12.9. The van der Waals surface area contributed by atoms with Crippen molar-refractivity contribution in [2.45, 2.75) is 42.7 Å². The summed E-state index contributed by atoms with van der Waals surface area (Å²) >= 11 is 0. The Hall–Kier alpha value is -1.18. The number of ether oxygens (including phenoxy) is 1. The normalized spacial score (nSPS) is 26.7. The first-order valence-corrected chi connectivity index (χ1v) is 8.71. The summed E-state index contributed by atoms with van der Waals surface area (Å²) in [5.74, 6) is 0. The van der Waals surface area contributed by atoms with Gasteiger partial charge in [-0.3, -0.25) is 4.79 Å². The maximum Gasteiger partial charge on any atom is 0.250 e. The van der Waals surface area contributed by atoms with Crippen LogP contribution in [-0.4, -0.2) is 43.6 Å². The molecule has 0 unspecified atom stereocenters. The van der Waals surface area contributed by atoms with Gasteiger partial charge in [-0.1, -0.05) is 0 Å². The fourth-order valence-electron chi connectivity index (χ4n) is 2.96. The van der Waals surface area contributed by atoms with Crippen LogP contribution in [0.4, 0.5) is 0 Å². The minimum atomic E-state index is -3.47. The van der Waals surface area contributed by atoms with E-state index in [1.165, 1.54) is 22.6 Å². The van der Waals surface area contributed by atoms with E-state index >= 15 is 0 Å². The molecular formula is C14H20N2O4S. The summed E-state index contributed by atoms with van der Waals surface area (Å²) in [5.41, 5.74) is -0.157.